The van der Waals surface area contributed by atoms with E-state index in [1.165, 1.54) is 12.8 Å². The summed E-state index contributed by atoms with van der Waals surface area (Å²) in [6.07, 6.45) is 7.44. The molecular weight excluding hydrogens is 356 g/mol. The van der Waals surface area contributed by atoms with E-state index in [4.69, 9.17) is 26.9 Å². The molecule has 150 valence electrons. The minimum Gasteiger partial charge on any atom is -0.396 e. The SMILES string of the molecule is C=CC[Si](OC)(OC)OC.CCCC1(OC)CCCC[Si]1(OC)OC. The molecule has 0 aliphatic carbocycles. The fourth-order valence-corrected chi connectivity index (χ4v) is 8.94. The summed E-state index contributed by atoms with van der Waals surface area (Å²) in [7, 11) is 5.64. The van der Waals surface area contributed by atoms with Gasteiger partial charge in [-0.25, -0.2) is 0 Å². The minimum absolute atomic E-state index is 0.122. The number of hydrogen-bond donors (Lipinski definition) is 0. The van der Waals surface area contributed by atoms with Gasteiger partial charge in [0, 0.05) is 48.7 Å². The van der Waals surface area contributed by atoms with Crippen molar-refractivity contribution in [3.8, 4) is 0 Å². The summed E-state index contributed by atoms with van der Waals surface area (Å²) in [4.78, 5) is 0. The number of hydrogen-bond acceptors (Lipinski definition) is 6. The van der Waals surface area contributed by atoms with Crippen molar-refractivity contribution in [2.24, 2.45) is 0 Å². The van der Waals surface area contributed by atoms with Crippen molar-refractivity contribution in [1.29, 1.82) is 0 Å². The second-order valence-corrected chi connectivity index (χ2v) is 12.8. The molecule has 0 bridgehead atoms. The molecule has 1 fully saturated rings. The van der Waals surface area contributed by atoms with Gasteiger partial charge in [0.1, 0.15) is 5.22 Å². The quantitative estimate of drug-likeness (QED) is 0.416. The highest BCUT2D eigenvalue weighted by Gasteiger charge is 2.58. The van der Waals surface area contributed by atoms with E-state index in [2.05, 4.69) is 13.5 Å². The highest BCUT2D eigenvalue weighted by atomic mass is 28.4. The number of methoxy groups -OCH3 is 1. The highest BCUT2D eigenvalue weighted by Crippen LogP contribution is 2.42. The first-order chi connectivity index (χ1) is 11.9. The first-order valence-electron chi connectivity index (χ1n) is 8.86. The Bertz CT molecular complexity index is 349. The molecule has 1 aliphatic rings. The molecule has 0 aromatic carbocycles. The van der Waals surface area contributed by atoms with Gasteiger partial charge in [0.2, 0.25) is 0 Å². The van der Waals surface area contributed by atoms with Crippen LogP contribution >= 0.6 is 0 Å². The summed E-state index contributed by atoms with van der Waals surface area (Å²) in [5.74, 6) is 0. The lowest BCUT2D eigenvalue weighted by Crippen LogP contribution is -2.64. The molecule has 0 aromatic heterocycles. The van der Waals surface area contributed by atoms with E-state index in [-0.39, 0.29) is 5.22 Å². The van der Waals surface area contributed by atoms with Gasteiger partial charge in [-0.15, -0.1) is 6.58 Å². The van der Waals surface area contributed by atoms with Gasteiger partial charge in [0.15, 0.2) is 0 Å². The van der Waals surface area contributed by atoms with Crippen molar-refractivity contribution >= 4 is 17.4 Å². The molecule has 0 spiro atoms. The van der Waals surface area contributed by atoms with Gasteiger partial charge in [-0.2, -0.15) is 0 Å². The third-order valence-electron chi connectivity index (χ3n) is 5.06. The predicted molar refractivity (Wildman–Crippen MR) is 105 cm³/mol. The Labute approximate surface area is 156 Å². The second-order valence-electron chi connectivity index (χ2n) is 6.10. The summed E-state index contributed by atoms with van der Waals surface area (Å²) in [5.41, 5.74) is 0. The summed E-state index contributed by atoms with van der Waals surface area (Å²) < 4.78 is 32.7. The molecule has 1 atom stereocenters. The van der Waals surface area contributed by atoms with Crippen LogP contribution in [0.2, 0.25) is 12.1 Å². The van der Waals surface area contributed by atoms with Crippen LogP contribution in [0, 0.1) is 0 Å². The van der Waals surface area contributed by atoms with Gasteiger partial charge < -0.3 is 26.9 Å². The Morgan fingerprint density at radius 1 is 1.00 bits per heavy atom. The molecule has 0 saturated carbocycles. The Morgan fingerprint density at radius 3 is 1.88 bits per heavy atom. The van der Waals surface area contributed by atoms with Gasteiger partial charge in [-0.3, -0.25) is 0 Å². The molecule has 0 radical (unpaired) electrons. The van der Waals surface area contributed by atoms with E-state index in [1.807, 2.05) is 0 Å². The average molecular weight is 395 g/mol. The Balaban J connectivity index is 0.000000504. The van der Waals surface area contributed by atoms with Gasteiger partial charge >= 0.3 is 17.4 Å². The minimum atomic E-state index is -2.34. The largest absolute Gasteiger partial charge is 0.504 e. The van der Waals surface area contributed by atoms with E-state index < -0.39 is 17.4 Å². The molecule has 1 heterocycles. The van der Waals surface area contributed by atoms with Crippen LogP contribution in [0.4, 0.5) is 0 Å². The van der Waals surface area contributed by atoms with Crippen molar-refractivity contribution < 1.29 is 26.9 Å². The van der Waals surface area contributed by atoms with Crippen LogP contribution in [0.1, 0.15) is 39.0 Å². The van der Waals surface area contributed by atoms with E-state index in [0.717, 1.165) is 25.3 Å². The van der Waals surface area contributed by atoms with Crippen molar-refractivity contribution in [3.63, 3.8) is 0 Å². The lowest BCUT2D eigenvalue weighted by Gasteiger charge is -2.47. The topological polar surface area (TPSA) is 55.4 Å². The molecular formula is C17H38O6Si2. The molecule has 1 rings (SSSR count). The lowest BCUT2D eigenvalue weighted by molar-refractivity contribution is -0.0149. The van der Waals surface area contributed by atoms with Crippen molar-refractivity contribution in [1.82, 2.24) is 0 Å². The van der Waals surface area contributed by atoms with E-state index in [0.29, 0.717) is 6.04 Å². The zero-order chi connectivity index (χ0) is 19.4. The summed E-state index contributed by atoms with van der Waals surface area (Å²) in [6, 6.07) is 1.71. The molecule has 1 unspecified atom stereocenters. The molecule has 0 aromatic rings. The maximum absolute atomic E-state index is 5.83. The van der Waals surface area contributed by atoms with Crippen LogP contribution in [-0.2, 0) is 26.9 Å². The normalized spacial score (nSPS) is 22.8. The summed E-state index contributed by atoms with van der Waals surface area (Å²) in [5, 5.41) is -0.122. The standard InChI is InChI=1S/C11H24O3Si.C6H14O3Si/c1-5-8-11(12-2)9-6-7-10-15(11,13-3)14-4;1-5-6-10(7-2,8-3)9-4/h5-10H2,1-4H3;5H,1,6H2,2-4H3. The van der Waals surface area contributed by atoms with Gasteiger partial charge in [0.25, 0.3) is 0 Å². The first-order valence-corrected chi connectivity index (χ1v) is 12.8. The van der Waals surface area contributed by atoms with Crippen LogP contribution in [0.3, 0.4) is 0 Å². The first kappa shape index (κ1) is 24.9. The number of ether oxygens (including phenoxy) is 1. The molecule has 1 aliphatic heterocycles. The van der Waals surface area contributed by atoms with Crippen LogP contribution in [0.25, 0.3) is 0 Å². The maximum atomic E-state index is 5.83. The lowest BCUT2D eigenvalue weighted by atomic mass is 10.1. The van der Waals surface area contributed by atoms with Crippen molar-refractivity contribution in [2.75, 3.05) is 42.7 Å². The highest BCUT2D eigenvalue weighted by molar-refractivity contribution is 6.70. The predicted octanol–water partition coefficient (Wildman–Crippen LogP) is 3.68. The second kappa shape index (κ2) is 12.3. The number of rotatable bonds is 10. The zero-order valence-electron chi connectivity index (χ0n) is 17.2. The van der Waals surface area contributed by atoms with E-state index in [9.17, 15) is 0 Å². The molecule has 0 amide bonds. The molecule has 1 saturated heterocycles. The molecule has 0 N–H and O–H groups in total. The van der Waals surface area contributed by atoms with Gasteiger partial charge in [-0.05, 0) is 18.9 Å². The van der Waals surface area contributed by atoms with Crippen LogP contribution < -0.4 is 0 Å². The third kappa shape index (κ3) is 5.97. The Hall–Kier alpha value is -0.0662. The number of allylic oxidation sites excluding steroid dienone is 1. The molecule has 8 heteroatoms. The fraction of sp³-hybridized carbons (Fsp3) is 0.882. The Morgan fingerprint density at radius 2 is 1.56 bits per heavy atom. The fourth-order valence-electron chi connectivity index (χ4n) is 3.60. The van der Waals surface area contributed by atoms with Gasteiger partial charge in [0.05, 0.1) is 0 Å². The average Bonchev–Trinajstić information content (AvgIpc) is 2.67. The smallest absolute Gasteiger partial charge is 0.396 e. The van der Waals surface area contributed by atoms with Crippen LogP contribution in [0.15, 0.2) is 12.7 Å². The van der Waals surface area contributed by atoms with Crippen LogP contribution in [0.5, 0.6) is 0 Å². The van der Waals surface area contributed by atoms with Crippen molar-refractivity contribution in [3.05, 3.63) is 12.7 Å². The van der Waals surface area contributed by atoms with Gasteiger partial charge in [-0.1, -0.05) is 32.3 Å². The summed E-state index contributed by atoms with van der Waals surface area (Å²) >= 11 is 0. The zero-order valence-corrected chi connectivity index (χ0v) is 19.2. The Kier molecular flexibility index (Phi) is 12.3. The monoisotopic (exact) mass is 394 g/mol. The molecule has 6 nitrogen and oxygen atoms in total. The van der Waals surface area contributed by atoms with E-state index >= 15 is 0 Å². The van der Waals surface area contributed by atoms with E-state index in [1.54, 1.807) is 48.7 Å². The van der Waals surface area contributed by atoms with Crippen LogP contribution in [-0.4, -0.2) is 65.2 Å². The molecule has 25 heavy (non-hydrogen) atoms. The third-order valence-corrected chi connectivity index (χ3v) is 12.1. The maximum Gasteiger partial charge on any atom is 0.504 e. The van der Waals surface area contributed by atoms with Crippen molar-refractivity contribution in [2.45, 2.75) is 56.3 Å². The summed E-state index contributed by atoms with van der Waals surface area (Å²) in [6.45, 7) is 5.78.